The highest BCUT2D eigenvalue weighted by Crippen LogP contribution is 2.09. The number of rotatable bonds is 4. The summed E-state index contributed by atoms with van der Waals surface area (Å²) in [7, 11) is 2.22. The molecule has 0 unspecified atom stereocenters. The molecular formula is C9H12O6. The maximum atomic E-state index is 11.1. The fourth-order valence-corrected chi connectivity index (χ4v) is 0.773. The second-order valence-corrected chi connectivity index (χ2v) is 2.53. The molecule has 0 aromatic carbocycles. The Morgan fingerprint density at radius 2 is 1.67 bits per heavy atom. The third kappa shape index (κ3) is 3.80. The molecule has 0 aliphatic heterocycles. The molecule has 84 valence electrons. The van der Waals surface area contributed by atoms with Gasteiger partial charge < -0.3 is 14.2 Å². The van der Waals surface area contributed by atoms with Crippen LogP contribution in [0, 0.1) is 0 Å². The quantitative estimate of drug-likeness (QED) is 0.368. The van der Waals surface area contributed by atoms with Crippen molar-refractivity contribution in [3.05, 3.63) is 12.2 Å². The molecule has 1 atom stereocenters. The zero-order valence-electron chi connectivity index (χ0n) is 8.73. The zero-order valence-corrected chi connectivity index (χ0v) is 8.73. The van der Waals surface area contributed by atoms with E-state index in [1.165, 1.54) is 0 Å². The van der Waals surface area contributed by atoms with Crippen molar-refractivity contribution in [3.63, 3.8) is 0 Å². The van der Waals surface area contributed by atoms with E-state index >= 15 is 0 Å². The minimum Gasteiger partial charge on any atom is -0.466 e. The molecule has 0 saturated carbocycles. The fraction of sp³-hybridized carbons (Fsp3) is 0.444. The minimum absolute atomic E-state index is 0.292. The number of hydrogen-bond acceptors (Lipinski definition) is 6. The molecule has 0 N–H and O–H groups in total. The van der Waals surface area contributed by atoms with Crippen LogP contribution in [0.1, 0.15) is 6.92 Å². The Morgan fingerprint density at radius 1 is 1.13 bits per heavy atom. The largest absolute Gasteiger partial charge is 0.466 e. The number of carbonyl (C=O) groups is 3. The van der Waals surface area contributed by atoms with E-state index in [1.54, 1.807) is 0 Å². The number of hydrogen-bond donors (Lipinski definition) is 0. The second kappa shape index (κ2) is 5.79. The van der Waals surface area contributed by atoms with Crippen LogP contribution < -0.4 is 0 Å². The van der Waals surface area contributed by atoms with E-state index in [9.17, 15) is 14.4 Å². The van der Waals surface area contributed by atoms with Crippen LogP contribution in [0.2, 0.25) is 0 Å². The number of esters is 3. The summed E-state index contributed by atoms with van der Waals surface area (Å²) in [5.74, 6) is -2.46. The van der Waals surface area contributed by atoms with Crippen LogP contribution in [-0.4, -0.2) is 38.2 Å². The smallest absolute Gasteiger partial charge is 0.352 e. The van der Waals surface area contributed by atoms with Gasteiger partial charge in [0, 0.05) is 6.92 Å². The van der Waals surface area contributed by atoms with Gasteiger partial charge >= 0.3 is 17.9 Å². The summed E-state index contributed by atoms with van der Waals surface area (Å²) < 4.78 is 13.2. The van der Waals surface area contributed by atoms with E-state index in [0.29, 0.717) is 0 Å². The Bertz CT molecular complexity index is 293. The first kappa shape index (κ1) is 13.2. The number of carbonyl (C=O) groups excluding carboxylic acids is 3. The van der Waals surface area contributed by atoms with E-state index in [1.807, 2.05) is 0 Å². The van der Waals surface area contributed by atoms with E-state index < -0.39 is 24.0 Å². The van der Waals surface area contributed by atoms with Gasteiger partial charge in [0.15, 0.2) is 0 Å². The van der Waals surface area contributed by atoms with Crippen LogP contribution >= 0.6 is 0 Å². The molecule has 0 aromatic rings. The molecule has 0 bridgehead atoms. The third-order valence-electron chi connectivity index (χ3n) is 1.46. The van der Waals surface area contributed by atoms with E-state index in [-0.39, 0.29) is 5.57 Å². The van der Waals surface area contributed by atoms with Crippen LogP contribution in [0.4, 0.5) is 0 Å². The van der Waals surface area contributed by atoms with Crippen LogP contribution in [0.25, 0.3) is 0 Å². The Kier molecular flexibility index (Phi) is 5.08. The molecule has 15 heavy (non-hydrogen) atoms. The second-order valence-electron chi connectivity index (χ2n) is 2.53. The van der Waals surface area contributed by atoms with Gasteiger partial charge in [0.05, 0.1) is 19.8 Å². The summed E-state index contributed by atoms with van der Waals surface area (Å²) in [6, 6.07) is 0. The molecule has 0 rings (SSSR count). The van der Waals surface area contributed by atoms with Crippen molar-refractivity contribution >= 4 is 17.9 Å². The van der Waals surface area contributed by atoms with Crippen molar-refractivity contribution in [2.24, 2.45) is 0 Å². The molecule has 0 heterocycles. The molecule has 0 amide bonds. The highest BCUT2D eigenvalue weighted by atomic mass is 16.6. The molecule has 0 fully saturated rings. The molecular weight excluding hydrogens is 204 g/mol. The average molecular weight is 216 g/mol. The lowest BCUT2D eigenvalue weighted by Crippen LogP contribution is -2.32. The lowest BCUT2D eigenvalue weighted by Gasteiger charge is -2.15. The first-order valence-electron chi connectivity index (χ1n) is 3.96. The predicted molar refractivity (Wildman–Crippen MR) is 48.7 cm³/mol. The fourth-order valence-electron chi connectivity index (χ4n) is 0.773. The standard InChI is InChI=1S/C9H12O6/c1-5(8(11)13-3)7(9(12)14-4)15-6(2)10/h7H,1H2,2-4H3/t7-/m0/s1. The lowest BCUT2D eigenvalue weighted by molar-refractivity contribution is -0.163. The Labute approximate surface area is 86.8 Å². The molecule has 0 aliphatic rings. The highest BCUT2D eigenvalue weighted by molar-refractivity contribution is 5.97. The molecule has 6 nitrogen and oxygen atoms in total. The SMILES string of the molecule is C=C(C(=O)OC)[C@H](OC(C)=O)C(=O)OC. The lowest BCUT2D eigenvalue weighted by atomic mass is 10.1. The van der Waals surface area contributed by atoms with Gasteiger partial charge in [0.25, 0.3) is 0 Å². The molecule has 0 spiro atoms. The van der Waals surface area contributed by atoms with Gasteiger partial charge in [-0.15, -0.1) is 0 Å². The monoisotopic (exact) mass is 216 g/mol. The topological polar surface area (TPSA) is 78.9 Å². The summed E-state index contributed by atoms with van der Waals surface area (Å²) in [5.41, 5.74) is -0.292. The Hall–Kier alpha value is -1.85. The Morgan fingerprint density at radius 3 is 2.00 bits per heavy atom. The van der Waals surface area contributed by atoms with Gasteiger partial charge in [-0.1, -0.05) is 6.58 Å². The maximum Gasteiger partial charge on any atom is 0.352 e. The van der Waals surface area contributed by atoms with Crippen molar-refractivity contribution in [1.82, 2.24) is 0 Å². The van der Waals surface area contributed by atoms with Gasteiger partial charge in [-0.2, -0.15) is 0 Å². The van der Waals surface area contributed by atoms with Crippen molar-refractivity contribution in [1.29, 1.82) is 0 Å². The summed E-state index contributed by atoms with van der Waals surface area (Å²) in [6.45, 7) is 4.39. The summed E-state index contributed by atoms with van der Waals surface area (Å²) in [5, 5.41) is 0. The van der Waals surface area contributed by atoms with Crippen molar-refractivity contribution in [2.45, 2.75) is 13.0 Å². The van der Waals surface area contributed by atoms with E-state index in [0.717, 1.165) is 21.1 Å². The zero-order chi connectivity index (χ0) is 12.0. The van der Waals surface area contributed by atoms with Gasteiger partial charge in [0.2, 0.25) is 6.10 Å². The van der Waals surface area contributed by atoms with E-state index in [2.05, 4.69) is 20.8 Å². The molecule has 0 aromatic heterocycles. The maximum absolute atomic E-state index is 11.1. The predicted octanol–water partition coefficient (Wildman–Crippen LogP) is -0.180. The normalized spacial score (nSPS) is 11.1. The van der Waals surface area contributed by atoms with Crippen molar-refractivity contribution in [2.75, 3.05) is 14.2 Å². The third-order valence-corrected chi connectivity index (χ3v) is 1.46. The van der Waals surface area contributed by atoms with Crippen LogP contribution in [0.3, 0.4) is 0 Å². The van der Waals surface area contributed by atoms with Gasteiger partial charge in [0.1, 0.15) is 0 Å². The van der Waals surface area contributed by atoms with Crippen LogP contribution in [0.15, 0.2) is 12.2 Å². The number of methoxy groups -OCH3 is 2. The number of ether oxygens (including phenoxy) is 3. The summed E-state index contributed by atoms with van der Waals surface area (Å²) >= 11 is 0. The van der Waals surface area contributed by atoms with E-state index in [4.69, 9.17) is 0 Å². The van der Waals surface area contributed by atoms with Gasteiger partial charge in [-0.3, -0.25) is 4.79 Å². The Balaban J connectivity index is 4.77. The van der Waals surface area contributed by atoms with Crippen LogP contribution in [-0.2, 0) is 28.6 Å². The first-order chi connectivity index (χ1) is 6.93. The highest BCUT2D eigenvalue weighted by Gasteiger charge is 2.30. The summed E-state index contributed by atoms with van der Waals surface area (Å²) in [6.07, 6.45) is -1.46. The average Bonchev–Trinajstić information content (AvgIpc) is 2.22. The van der Waals surface area contributed by atoms with Crippen molar-refractivity contribution < 1.29 is 28.6 Å². The summed E-state index contributed by atoms with van der Waals surface area (Å²) in [4.78, 5) is 32.8. The molecule has 0 saturated heterocycles. The molecule has 6 heteroatoms. The van der Waals surface area contributed by atoms with Gasteiger partial charge in [-0.05, 0) is 0 Å². The first-order valence-corrected chi connectivity index (χ1v) is 3.96. The van der Waals surface area contributed by atoms with Crippen LogP contribution in [0.5, 0.6) is 0 Å². The van der Waals surface area contributed by atoms with Crippen molar-refractivity contribution in [3.8, 4) is 0 Å². The molecule has 0 radical (unpaired) electrons. The minimum atomic E-state index is -1.46. The van der Waals surface area contributed by atoms with Gasteiger partial charge in [-0.25, -0.2) is 9.59 Å². The molecule has 0 aliphatic carbocycles.